The number of halogens is 1. The Morgan fingerprint density at radius 3 is 1.12 bits per heavy atom. The molecule has 2 aromatic rings. The Kier molecular flexibility index (Phi) is 51.7. The summed E-state index contributed by atoms with van der Waals surface area (Å²) in [6.07, 6.45) is 3.67. The molecule has 8 nitrogen and oxygen atoms in total. The number of carbonyl (C=O) groups excluding carboxylic acids is 2. The molecule has 0 aliphatic rings. The molecule has 0 aliphatic heterocycles. The van der Waals surface area contributed by atoms with Gasteiger partial charge in [-0.05, 0) is 30.3 Å². The fourth-order valence-electron chi connectivity index (χ4n) is 5.83. The van der Waals surface area contributed by atoms with Crippen molar-refractivity contribution in [1.29, 1.82) is 0 Å². The SMILES string of the molecule is O=[C-]CC[N-]c1ccc(Cl)cc1.O=[C-]NC[N-]c1ccccc1.[CH2-]C(C)N(C([CH2-])C)C(C)C.[CH2-]C(C)N(C([CH2-])C)C(C)C.[CH2-]C(C)N(C([CH2-])C)C(C)C.[Y].[Y].[Y]. The maximum absolute atomic E-state index is 9.84. The summed E-state index contributed by atoms with van der Waals surface area (Å²) in [4.78, 5) is 26.4. The molecule has 3 radical (unpaired) electrons. The number of para-hydroxylation sites is 1. The first kappa shape index (κ1) is 68.4. The predicted octanol–water partition coefficient (Wildman–Crippen LogP) is 10.6. The van der Waals surface area contributed by atoms with Crippen molar-refractivity contribution in [2.24, 2.45) is 0 Å². The van der Waals surface area contributed by atoms with E-state index in [0.29, 0.717) is 72.4 Å². The van der Waals surface area contributed by atoms with Crippen molar-refractivity contribution in [3.8, 4) is 0 Å². The van der Waals surface area contributed by atoms with E-state index in [0.717, 1.165) is 11.4 Å². The van der Waals surface area contributed by atoms with Gasteiger partial charge in [0, 0.05) is 103 Å². The van der Waals surface area contributed by atoms with Gasteiger partial charge in [0.05, 0.1) is 0 Å². The molecule has 2 rings (SSSR count). The molecule has 0 saturated carbocycles. The minimum Gasteiger partial charge on any atom is -0.686 e. The van der Waals surface area contributed by atoms with Crippen molar-refractivity contribution >= 4 is 35.7 Å². The largest absolute Gasteiger partial charge is 0.686 e. The van der Waals surface area contributed by atoms with Gasteiger partial charge in [-0.15, -0.1) is 47.6 Å². The van der Waals surface area contributed by atoms with E-state index in [1.54, 1.807) is 24.8 Å². The van der Waals surface area contributed by atoms with E-state index < -0.39 is 0 Å². The maximum atomic E-state index is 9.84. The second-order valence-corrected chi connectivity index (χ2v) is 14.3. The van der Waals surface area contributed by atoms with Crippen LogP contribution >= 0.6 is 11.6 Å². The Bertz CT molecular complexity index is 1010. The van der Waals surface area contributed by atoms with Crippen LogP contribution in [0.25, 0.3) is 10.6 Å². The number of hydrogen-bond donors (Lipinski definition) is 1. The predicted molar refractivity (Wildman–Crippen MR) is 233 cm³/mol. The molecule has 0 bridgehead atoms. The van der Waals surface area contributed by atoms with E-state index in [2.05, 4.69) is 155 Å². The first-order valence-corrected chi connectivity index (χ1v) is 18.9. The molecular formula is C44H73ClN6O2Y3-10. The average molecular weight is 1020 g/mol. The van der Waals surface area contributed by atoms with E-state index in [1.807, 2.05) is 42.5 Å². The van der Waals surface area contributed by atoms with Crippen molar-refractivity contribution < 1.29 is 108 Å². The van der Waals surface area contributed by atoms with E-state index in [9.17, 15) is 9.59 Å². The van der Waals surface area contributed by atoms with Crippen molar-refractivity contribution in [1.82, 2.24) is 20.0 Å². The van der Waals surface area contributed by atoms with Crippen LogP contribution in [0.3, 0.4) is 0 Å². The molecule has 12 heteroatoms. The van der Waals surface area contributed by atoms with Crippen LogP contribution in [-0.2, 0) is 108 Å². The van der Waals surface area contributed by atoms with Crippen LogP contribution in [0.5, 0.6) is 0 Å². The first-order chi connectivity index (χ1) is 24.6. The van der Waals surface area contributed by atoms with Gasteiger partial charge in [-0.3, -0.25) is 6.29 Å². The molecule has 56 heavy (non-hydrogen) atoms. The van der Waals surface area contributed by atoms with Gasteiger partial charge in [-0.25, -0.2) is 0 Å². The monoisotopic (exact) mass is 1020 g/mol. The Hall–Kier alpha value is 0.662. The fourth-order valence-corrected chi connectivity index (χ4v) is 5.96. The number of benzene rings is 2. The zero-order valence-corrected chi connectivity index (χ0v) is 46.2. The smallest absolute Gasteiger partial charge is 0.0405 e. The quantitative estimate of drug-likeness (QED) is 0.0970. The number of nitrogens with zero attached hydrogens (tertiary/aromatic N) is 5. The van der Waals surface area contributed by atoms with E-state index in [1.165, 1.54) is 0 Å². The third-order valence-electron chi connectivity index (χ3n) is 7.35. The normalized spacial score (nSPS) is 13.4. The second-order valence-electron chi connectivity index (χ2n) is 13.9. The molecule has 0 saturated heterocycles. The molecule has 6 atom stereocenters. The number of amides is 1. The molecule has 1 amide bonds. The standard InChI is InChI=1S/C9H8ClNO.3C9H19N.C8H8N2O.3Y/c10-8-2-4-9(5-3-8)11-6-1-7-12;3*1-7(2)10(8(3)4)9(5)6;11-7-9-6-10-8-4-2-1-3-5-8;;;/h2-5H,1,6H2;3*7-9H,1,3H2,2,4-6H3;1-5H,6H2,(H,9,11);;;/q5*-2;;;. The summed E-state index contributed by atoms with van der Waals surface area (Å²) in [5.74, 6) is 0. The molecule has 1 N–H and O–H groups in total. The van der Waals surface area contributed by atoms with Crippen LogP contribution in [0, 0.1) is 41.5 Å². The Morgan fingerprint density at radius 2 is 0.875 bits per heavy atom. The summed E-state index contributed by atoms with van der Waals surface area (Å²) >= 11 is 5.67. The molecule has 0 heterocycles. The number of nitrogens with one attached hydrogen (secondary N) is 1. The molecule has 2 aromatic carbocycles. The average Bonchev–Trinajstić information content (AvgIpc) is 3.02. The summed E-state index contributed by atoms with van der Waals surface area (Å²) in [5.41, 5.74) is 1.70. The van der Waals surface area contributed by atoms with E-state index in [-0.39, 0.29) is 105 Å². The summed E-state index contributed by atoms with van der Waals surface area (Å²) in [5, 5.41) is 11.2. The molecule has 6 unspecified atom stereocenters. The van der Waals surface area contributed by atoms with Crippen LogP contribution in [0.4, 0.5) is 11.4 Å². The number of hydrogen-bond acceptors (Lipinski definition) is 5. The van der Waals surface area contributed by atoms with Crippen molar-refractivity contribution in [2.45, 2.75) is 144 Å². The minimum atomic E-state index is 0. The van der Waals surface area contributed by atoms with Crippen LogP contribution < -0.4 is 5.32 Å². The van der Waals surface area contributed by atoms with Crippen molar-refractivity contribution in [3.63, 3.8) is 0 Å². The summed E-state index contributed by atoms with van der Waals surface area (Å²) < 4.78 is 0. The topological polar surface area (TPSA) is 84.1 Å². The van der Waals surface area contributed by atoms with Crippen LogP contribution in [-0.4, -0.2) is 95.0 Å². The fraction of sp³-hybridized carbons (Fsp3) is 0.545. The zero-order chi connectivity index (χ0) is 41.7. The molecule has 0 fully saturated rings. The van der Waals surface area contributed by atoms with Gasteiger partial charge in [-0.2, -0.15) is 19.4 Å². The second kappa shape index (κ2) is 42.4. The summed E-state index contributed by atoms with van der Waals surface area (Å²) in [6.45, 7) is 50.2. The van der Waals surface area contributed by atoms with Gasteiger partial charge in [-0.1, -0.05) is 144 Å². The first-order valence-electron chi connectivity index (χ1n) is 18.6. The van der Waals surface area contributed by atoms with Crippen LogP contribution in [0.15, 0.2) is 54.6 Å². The Morgan fingerprint density at radius 1 is 0.554 bits per heavy atom. The third kappa shape index (κ3) is 37.6. The van der Waals surface area contributed by atoms with E-state index in [4.69, 9.17) is 11.6 Å². The van der Waals surface area contributed by atoms with Crippen molar-refractivity contribution in [3.05, 3.63) is 112 Å². The van der Waals surface area contributed by atoms with E-state index >= 15 is 0 Å². The van der Waals surface area contributed by atoms with Crippen LogP contribution in [0.2, 0.25) is 5.02 Å². The number of rotatable bonds is 17. The molecule has 0 aliphatic carbocycles. The van der Waals surface area contributed by atoms with Crippen molar-refractivity contribution in [2.75, 3.05) is 13.2 Å². The molecule has 317 valence electrons. The summed E-state index contributed by atoms with van der Waals surface area (Å²) in [6, 6.07) is 20.3. The van der Waals surface area contributed by atoms with Gasteiger partial charge in [0.15, 0.2) is 0 Å². The van der Waals surface area contributed by atoms with Gasteiger partial charge >= 0.3 is 0 Å². The van der Waals surface area contributed by atoms with Gasteiger partial charge < -0.3 is 81.8 Å². The minimum absolute atomic E-state index is 0. The Balaban J connectivity index is -0.000000138. The van der Waals surface area contributed by atoms with Gasteiger partial charge in [0.2, 0.25) is 0 Å². The third-order valence-corrected chi connectivity index (χ3v) is 7.60. The van der Waals surface area contributed by atoms with Gasteiger partial charge in [0.25, 0.3) is 0 Å². The summed E-state index contributed by atoms with van der Waals surface area (Å²) in [7, 11) is 0. The molecular weight excluding hydrogens is 947 g/mol. The van der Waals surface area contributed by atoms with Crippen LogP contribution in [0.1, 0.15) is 89.5 Å². The molecule has 0 aromatic heterocycles. The maximum Gasteiger partial charge on any atom is 0.0405 e. The van der Waals surface area contributed by atoms with Gasteiger partial charge in [0.1, 0.15) is 0 Å². The molecule has 0 spiro atoms. The zero-order valence-electron chi connectivity index (χ0n) is 36.9. The Labute approximate surface area is 427 Å².